The Morgan fingerprint density at radius 1 is 1.27 bits per heavy atom. The van der Waals surface area contributed by atoms with E-state index in [1.807, 2.05) is 12.1 Å². The number of carbonyl (C=O) groups excluding carboxylic acids is 1. The van der Waals surface area contributed by atoms with E-state index in [-0.39, 0.29) is 18.4 Å². The fourth-order valence-electron chi connectivity index (χ4n) is 2.44. The zero-order chi connectivity index (χ0) is 15.9. The summed E-state index contributed by atoms with van der Waals surface area (Å²) < 4.78 is 10.4. The number of nitrogens with zero attached hydrogens (tertiary/aromatic N) is 1. The summed E-state index contributed by atoms with van der Waals surface area (Å²) in [6.07, 6.45) is 1.57. The molecule has 1 fully saturated rings. The number of rotatable bonds is 6. The number of carboxylic acids is 1. The lowest BCUT2D eigenvalue weighted by atomic mass is 9.98. The SMILES string of the molecule is CN(Cc1ccc(OCC(=O)O)cc1)C(=O)C1CCOCC1. The Morgan fingerprint density at radius 2 is 1.91 bits per heavy atom. The molecular weight excluding hydrogens is 286 g/mol. The van der Waals surface area contributed by atoms with Gasteiger partial charge in [0.25, 0.3) is 0 Å². The predicted molar refractivity (Wildman–Crippen MR) is 79.6 cm³/mol. The monoisotopic (exact) mass is 307 g/mol. The van der Waals surface area contributed by atoms with Gasteiger partial charge in [-0.1, -0.05) is 12.1 Å². The summed E-state index contributed by atoms with van der Waals surface area (Å²) >= 11 is 0. The van der Waals surface area contributed by atoms with Crippen molar-refractivity contribution in [1.82, 2.24) is 4.90 Å². The van der Waals surface area contributed by atoms with Crippen LogP contribution in [0.1, 0.15) is 18.4 Å². The van der Waals surface area contributed by atoms with Crippen LogP contribution in [0, 0.1) is 5.92 Å². The van der Waals surface area contributed by atoms with Crippen molar-refractivity contribution in [1.29, 1.82) is 0 Å². The lowest BCUT2D eigenvalue weighted by Crippen LogP contribution is -2.35. The first-order chi connectivity index (χ1) is 10.6. The van der Waals surface area contributed by atoms with E-state index in [2.05, 4.69) is 0 Å². The van der Waals surface area contributed by atoms with Gasteiger partial charge in [0.1, 0.15) is 5.75 Å². The second kappa shape index (κ2) is 7.79. The zero-order valence-electron chi connectivity index (χ0n) is 12.7. The van der Waals surface area contributed by atoms with Crippen LogP contribution in [0.25, 0.3) is 0 Å². The maximum absolute atomic E-state index is 12.3. The van der Waals surface area contributed by atoms with E-state index in [1.165, 1.54) is 0 Å². The van der Waals surface area contributed by atoms with Crippen molar-refractivity contribution in [3.63, 3.8) is 0 Å². The van der Waals surface area contributed by atoms with E-state index in [9.17, 15) is 9.59 Å². The summed E-state index contributed by atoms with van der Waals surface area (Å²) in [5, 5.41) is 8.56. The molecule has 0 radical (unpaired) electrons. The Bertz CT molecular complexity index is 508. The van der Waals surface area contributed by atoms with Crippen LogP contribution >= 0.6 is 0 Å². The van der Waals surface area contributed by atoms with Gasteiger partial charge in [-0.3, -0.25) is 4.79 Å². The van der Waals surface area contributed by atoms with Crippen LogP contribution in [0.2, 0.25) is 0 Å². The minimum Gasteiger partial charge on any atom is -0.482 e. The van der Waals surface area contributed by atoms with Gasteiger partial charge in [0.2, 0.25) is 5.91 Å². The van der Waals surface area contributed by atoms with E-state index in [0.29, 0.717) is 25.5 Å². The number of benzene rings is 1. The van der Waals surface area contributed by atoms with Gasteiger partial charge in [-0.15, -0.1) is 0 Å². The molecule has 1 aromatic carbocycles. The number of hydrogen-bond acceptors (Lipinski definition) is 4. The molecule has 120 valence electrons. The molecule has 22 heavy (non-hydrogen) atoms. The second-order valence-electron chi connectivity index (χ2n) is 5.41. The maximum Gasteiger partial charge on any atom is 0.341 e. The van der Waals surface area contributed by atoms with Gasteiger partial charge in [-0.05, 0) is 30.5 Å². The zero-order valence-corrected chi connectivity index (χ0v) is 12.7. The first kappa shape index (κ1) is 16.3. The van der Waals surface area contributed by atoms with Crippen molar-refractivity contribution in [2.75, 3.05) is 26.9 Å². The lowest BCUT2D eigenvalue weighted by molar-refractivity contribution is -0.139. The van der Waals surface area contributed by atoms with Crippen LogP contribution in [0.4, 0.5) is 0 Å². The molecule has 0 bridgehead atoms. The van der Waals surface area contributed by atoms with Crippen molar-refractivity contribution >= 4 is 11.9 Å². The van der Waals surface area contributed by atoms with E-state index in [0.717, 1.165) is 18.4 Å². The normalized spacial score (nSPS) is 15.3. The molecular formula is C16H21NO5. The summed E-state index contributed by atoms with van der Waals surface area (Å²) in [7, 11) is 1.80. The van der Waals surface area contributed by atoms with Crippen LogP contribution in [0.5, 0.6) is 5.75 Å². The molecule has 1 amide bonds. The third kappa shape index (κ3) is 4.73. The predicted octanol–water partition coefficient (Wildman–Crippen LogP) is 1.54. The Morgan fingerprint density at radius 3 is 2.50 bits per heavy atom. The molecule has 0 saturated carbocycles. The summed E-state index contributed by atoms with van der Waals surface area (Å²) in [6, 6.07) is 7.10. The highest BCUT2D eigenvalue weighted by Crippen LogP contribution is 2.19. The van der Waals surface area contributed by atoms with Gasteiger partial charge < -0.3 is 19.5 Å². The number of amides is 1. The summed E-state index contributed by atoms with van der Waals surface area (Å²) in [4.78, 5) is 24.5. The molecule has 6 heteroatoms. The molecule has 0 unspecified atom stereocenters. The molecule has 6 nitrogen and oxygen atoms in total. The van der Waals surface area contributed by atoms with E-state index >= 15 is 0 Å². The number of hydrogen-bond donors (Lipinski definition) is 1. The van der Waals surface area contributed by atoms with E-state index in [4.69, 9.17) is 14.6 Å². The van der Waals surface area contributed by atoms with Crippen LogP contribution in [-0.4, -0.2) is 48.8 Å². The van der Waals surface area contributed by atoms with Crippen molar-refractivity contribution in [2.24, 2.45) is 5.92 Å². The van der Waals surface area contributed by atoms with Crippen LogP contribution in [-0.2, 0) is 20.9 Å². The Hall–Kier alpha value is -2.08. The van der Waals surface area contributed by atoms with Gasteiger partial charge in [-0.2, -0.15) is 0 Å². The molecule has 1 heterocycles. The highest BCUT2D eigenvalue weighted by atomic mass is 16.5. The number of aliphatic carboxylic acids is 1. The topological polar surface area (TPSA) is 76.1 Å². The van der Waals surface area contributed by atoms with Gasteiger partial charge in [0.05, 0.1) is 0 Å². The second-order valence-corrected chi connectivity index (χ2v) is 5.41. The van der Waals surface area contributed by atoms with Crippen molar-refractivity contribution in [2.45, 2.75) is 19.4 Å². The highest BCUT2D eigenvalue weighted by molar-refractivity contribution is 5.78. The summed E-state index contributed by atoms with van der Waals surface area (Å²) in [6.45, 7) is 1.47. The Balaban J connectivity index is 1.86. The number of ether oxygens (including phenoxy) is 2. The van der Waals surface area contributed by atoms with Gasteiger partial charge >= 0.3 is 5.97 Å². The van der Waals surface area contributed by atoms with Crippen LogP contribution in [0.3, 0.4) is 0 Å². The molecule has 0 spiro atoms. The molecule has 0 atom stereocenters. The molecule has 1 aliphatic heterocycles. The number of carbonyl (C=O) groups is 2. The Labute approximate surface area is 129 Å². The average Bonchev–Trinajstić information content (AvgIpc) is 2.54. The first-order valence-corrected chi connectivity index (χ1v) is 7.32. The lowest BCUT2D eigenvalue weighted by Gasteiger charge is -2.26. The van der Waals surface area contributed by atoms with Crippen LogP contribution < -0.4 is 4.74 Å². The minimum absolute atomic E-state index is 0.0527. The molecule has 1 N–H and O–H groups in total. The van der Waals surface area contributed by atoms with Crippen LogP contribution in [0.15, 0.2) is 24.3 Å². The quantitative estimate of drug-likeness (QED) is 0.862. The fraction of sp³-hybridized carbons (Fsp3) is 0.500. The summed E-state index contributed by atoms with van der Waals surface area (Å²) in [5.74, 6) is -0.304. The molecule has 2 rings (SSSR count). The van der Waals surface area contributed by atoms with Gasteiger partial charge in [0, 0.05) is 32.7 Å². The fourth-order valence-corrected chi connectivity index (χ4v) is 2.44. The molecule has 0 aliphatic carbocycles. The van der Waals surface area contributed by atoms with Crippen molar-refractivity contribution in [3.05, 3.63) is 29.8 Å². The van der Waals surface area contributed by atoms with Gasteiger partial charge in [-0.25, -0.2) is 4.79 Å². The third-order valence-corrected chi connectivity index (χ3v) is 3.65. The Kier molecular flexibility index (Phi) is 5.77. The minimum atomic E-state index is -1.01. The molecule has 0 aromatic heterocycles. The smallest absolute Gasteiger partial charge is 0.341 e. The largest absolute Gasteiger partial charge is 0.482 e. The van der Waals surface area contributed by atoms with Crippen molar-refractivity contribution in [3.8, 4) is 5.75 Å². The standard InChI is InChI=1S/C16H21NO5/c1-17(16(20)13-6-8-21-9-7-13)10-12-2-4-14(5-3-12)22-11-15(18)19/h2-5,13H,6-11H2,1H3,(H,18,19). The maximum atomic E-state index is 12.3. The molecule has 1 aromatic rings. The van der Waals surface area contributed by atoms with E-state index < -0.39 is 5.97 Å². The highest BCUT2D eigenvalue weighted by Gasteiger charge is 2.24. The van der Waals surface area contributed by atoms with E-state index in [1.54, 1.807) is 24.1 Å². The van der Waals surface area contributed by atoms with Crippen molar-refractivity contribution < 1.29 is 24.2 Å². The summed E-state index contributed by atoms with van der Waals surface area (Å²) in [5.41, 5.74) is 0.977. The average molecular weight is 307 g/mol. The molecule has 1 saturated heterocycles. The van der Waals surface area contributed by atoms with Gasteiger partial charge in [0.15, 0.2) is 6.61 Å². The molecule has 1 aliphatic rings. The first-order valence-electron chi connectivity index (χ1n) is 7.32. The number of carboxylic acid groups (broad SMARTS) is 1. The third-order valence-electron chi connectivity index (χ3n) is 3.65.